The number of nitrogens with two attached hydrogens (primary N) is 2. The molecule has 1 rings (SSSR count). The molecule has 4 nitrogen and oxygen atoms in total. The fraction of sp³-hybridized carbons (Fsp3) is 0.100. The molecule has 14 heavy (non-hydrogen) atoms. The molecular weight excluding hydrogens is 180 g/mol. The minimum Gasteiger partial charge on any atom is -0.478 e. The molecule has 0 amide bonds. The van der Waals surface area contributed by atoms with Gasteiger partial charge in [0.2, 0.25) is 0 Å². The molecule has 0 saturated carbocycles. The van der Waals surface area contributed by atoms with Gasteiger partial charge in [0, 0.05) is 12.2 Å². The second kappa shape index (κ2) is 4.43. The molecule has 0 radical (unpaired) electrons. The Morgan fingerprint density at radius 1 is 1.50 bits per heavy atom. The normalized spacial score (nSPS) is 10.6. The molecule has 0 aromatic heterocycles. The summed E-state index contributed by atoms with van der Waals surface area (Å²) in [6, 6.07) is 4.74. The van der Waals surface area contributed by atoms with Crippen LogP contribution >= 0.6 is 0 Å². The van der Waals surface area contributed by atoms with Crippen LogP contribution in [0, 0.1) is 0 Å². The zero-order chi connectivity index (χ0) is 10.6. The van der Waals surface area contributed by atoms with Gasteiger partial charge in [-0.2, -0.15) is 0 Å². The third-order valence-electron chi connectivity index (χ3n) is 1.74. The summed E-state index contributed by atoms with van der Waals surface area (Å²) in [7, 11) is 0. The SMILES string of the molecule is NCC=Cc1ccc(N)cc1C(=O)O. The van der Waals surface area contributed by atoms with Crippen molar-refractivity contribution in [3.63, 3.8) is 0 Å². The second-order valence-electron chi connectivity index (χ2n) is 2.79. The standard InChI is InChI=1S/C10H12N2O2/c11-5-1-2-7-3-4-8(12)6-9(7)10(13)14/h1-4,6H,5,11-12H2,(H,13,14). The Morgan fingerprint density at radius 2 is 2.21 bits per heavy atom. The maximum atomic E-state index is 10.8. The summed E-state index contributed by atoms with van der Waals surface area (Å²) in [6.45, 7) is 0.378. The topological polar surface area (TPSA) is 89.3 Å². The van der Waals surface area contributed by atoms with E-state index in [1.54, 1.807) is 24.3 Å². The lowest BCUT2D eigenvalue weighted by Gasteiger charge is -2.02. The summed E-state index contributed by atoms with van der Waals surface area (Å²) in [6.07, 6.45) is 3.36. The molecule has 0 unspecified atom stereocenters. The maximum absolute atomic E-state index is 10.8. The van der Waals surface area contributed by atoms with E-state index in [1.807, 2.05) is 0 Å². The van der Waals surface area contributed by atoms with E-state index in [1.165, 1.54) is 6.07 Å². The van der Waals surface area contributed by atoms with Gasteiger partial charge < -0.3 is 16.6 Å². The van der Waals surface area contributed by atoms with Gasteiger partial charge in [-0.1, -0.05) is 18.2 Å². The number of hydrogen-bond acceptors (Lipinski definition) is 3. The van der Waals surface area contributed by atoms with E-state index in [9.17, 15) is 4.79 Å². The monoisotopic (exact) mass is 192 g/mol. The second-order valence-corrected chi connectivity index (χ2v) is 2.79. The van der Waals surface area contributed by atoms with Gasteiger partial charge >= 0.3 is 5.97 Å². The fourth-order valence-corrected chi connectivity index (χ4v) is 1.10. The van der Waals surface area contributed by atoms with Gasteiger partial charge in [-0.25, -0.2) is 4.79 Å². The number of hydrogen-bond donors (Lipinski definition) is 3. The number of aromatic carboxylic acids is 1. The third kappa shape index (κ3) is 2.34. The van der Waals surface area contributed by atoms with Crippen LogP contribution < -0.4 is 11.5 Å². The van der Waals surface area contributed by atoms with Gasteiger partial charge in [0.25, 0.3) is 0 Å². The molecule has 0 aliphatic rings. The van der Waals surface area contributed by atoms with Crippen LogP contribution in [0.1, 0.15) is 15.9 Å². The molecule has 0 saturated heterocycles. The lowest BCUT2D eigenvalue weighted by molar-refractivity contribution is 0.0696. The van der Waals surface area contributed by atoms with E-state index in [0.717, 1.165) is 0 Å². The molecule has 74 valence electrons. The highest BCUT2D eigenvalue weighted by Gasteiger charge is 2.07. The molecule has 4 heteroatoms. The van der Waals surface area contributed by atoms with Crippen molar-refractivity contribution < 1.29 is 9.90 Å². The zero-order valence-corrected chi connectivity index (χ0v) is 7.60. The third-order valence-corrected chi connectivity index (χ3v) is 1.74. The highest BCUT2D eigenvalue weighted by Crippen LogP contribution is 2.15. The van der Waals surface area contributed by atoms with E-state index in [4.69, 9.17) is 16.6 Å². The van der Waals surface area contributed by atoms with Gasteiger partial charge in [0.15, 0.2) is 0 Å². The van der Waals surface area contributed by atoms with Crippen molar-refractivity contribution in [3.8, 4) is 0 Å². The van der Waals surface area contributed by atoms with Crippen molar-refractivity contribution >= 4 is 17.7 Å². The van der Waals surface area contributed by atoms with Crippen molar-refractivity contribution in [2.45, 2.75) is 0 Å². The quantitative estimate of drug-likeness (QED) is 0.622. The molecule has 1 aromatic rings. The summed E-state index contributed by atoms with van der Waals surface area (Å²) in [5.41, 5.74) is 12.0. The predicted octanol–water partition coefficient (Wildman–Crippen LogP) is 0.939. The Morgan fingerprint density at radius 3 is 2.79 bits per heavy atom. The summed E-state index contributed by atoms with van der Waals surface area (Å²) < 4.78 is 0. The summed E-state index contributed by atoms with van der Waals surface area (Å²) in [5, 5.41) is 8.87. The number of anilines is 1. The number of rotatable bonds is 3. The Labute approximate surface area is 81.8 Å². The van der Waals surface area contributed by atoms with Crippen LogP contribution in [0.25, 0.3) is 6.08 Å². The molecular formula is C10H12N2O2. The lowest BCUT2D eigenvalue weighted by atomic mass is 10.1. The Kier molecular flexibility index (Phi) is 3.25. The minimum absolute atomic E-state index is 0.190. The number of carbonyl (C=O) groups is 1. The first kappa shape index (κ1) is 10.3. The molecule has 1 aromatic carbocycles. The van der Waals surface area contributed by atoms with Crippen molar-refractivity contribution in [1.82, 2.24) is 0 Å². The predicted molar refractivity (Wildman–Crippen MR) is 55.9 cm³/mol. The summed E-state index contributed by atoms with van der Waals surface area (Å²) in [4.78, 5) is 10.8. The Balaban J connectivity index is 3.15. The van der Waals surface area contributed by atoms with Gasteiger partial charge in [0.1, 0.15) is 0 Å². The maximum Gasteiger partial charge on any atom is 0.336 e. The van der Waals surface area contributed by atoms with Crippen LogP contribution in [0.5, 0.6) is 0 Å². The number of nitrogen functional groups attached to an aromatic ring is 1. The van der Waals surface area contributed by atoms with E-state index >= 15 is 0 Å². The molecule has 0 aliphatic heterocycles. The summed E-state index contributed by atoms with van der Waals surface area (Å²) in [5.74, 6) is -0.992. The van der Waals surface area contributed by atoms with Crippen molar-refractivity contribution in [2.75, 3.05) is 12.3 Å². The van der Waals surface area contributed by atoms with Gasteiger partial charge in [-0.15, -0.1) is 0 Å². The molecule has 0 aliphatic carbocycles. The molecule has 0 fully saturated rings. The van der Waals surface area contributed by atoms with Gasteiger partial charge in [-0.3, -0.25) is 0 Å². The Bertz CT molecular complexity index is 372. The van der Waals surface area contributed by atoms with Crippen LogP contribution in [0.3, 0.4) is 0 Å². The van der Waals surface area contributed by atoms with Crippen molar-refractivity contribution in [3.05, 3.63) is 35.4 Å². The van der Waals surface area contributed by atoms with Gasteiger partial charge in [0.05, 0.1) is 5.56 Å². The average Bonchev–Trinajstić information content (AvgIpc) is 2.15. The largest absolute Gasteiger partial charge is 0.478 e. The van der Waals surface area contributed by atoms with E-state index < -0.39 is 5.97 Å². The number of carboxylic acid groups (broad SMARTS) is 1. The van der Waals surface area contributed by atoms with E-state index in [2.05, 4.69) is 0 Å². The smallest absolute Gasteiger partial charge is 0.336 e. The van der Waals surface area contributed by atoms with E-state index in [-0.39, 0.29) is 5.56 Å². The highest BCUT2D eigenvalue weighted by molar-refractivity contribution is 5.93. The number of carboxylic acids is 1. The lowest BCUT2D eigenvalue weighted by Crippen LogP contribution is -2.01. The van der Waals surface area contributed by atoms with Crippen LogP contribution in [0.15, 0.2) is 24.3 Å². The fourth-order valence-electron chi connectivity index (χ4n) is 1.10. The highest BCUT2D eigenvalue weighted by atomic mass is 16.4. The van der Waals surface area contributed by atoms with Gasteiger partial charge in [-0.05, 0) is 17.7 Å². The molecule has 0 heterocycles. The average molecular weight is 192 g/mol. The first-order valence-corrected chi connectivity index (χ1v) is 4.14. The van der Waals surface area contributed by atoms with Crippen molar-refractivity contribution in [1.29, 1.82) is 0 Å². The van der Waals surface area contributed by atoms with Crippen LogP contribution in [-0.2, 0) is 0 Å². The number of benzene rings is 1. The van der Waals surface area contributed by atoms with Crippen LogP contribution in [-0.4, -0.2) is 17.6 Å². The molecule has 0 bridgehead atoms. The van der Waals surface area contributed by atoms with E-state index in [0.29, 0.717) is 17.8 Å². The minimum atomic E-state index is -0.992. The first-order valence-electron chi connectivity index (χ1n) is 4.14. The molecule has 0 atom stereocenters. The summed E-state index contributed by atoms with van der Waals surface area (Å²) >= 11 is 0. The molecule has 5 N–H and O–H groups in total. The first-order chi connectivity index (χ1) is 6.65. The van der Waals surface area contributed by atoms with Crippen molar-refractivity contribution in [2.24, 2.45) is 5.73 Å². The zero-order valence-electron chi connectivity index (χ0n) is 7.60. The van der Waals surface area contributed by atoms with Crippen LogP contribution in [0.2, 0.25) is 0 Å². The molecule has 0 spiro atoms. The Hall–Kier alpha value is -1.81. The van der Waals surface area contributed by atoms with Crippen LogP contribution in [0.4, 0.5) is 5.69 Å².